The van der Waals surface area contributed by atoms with E-state index in [0.717, 1.165) is 27.6 Å². The Kier molecular flexibility index (Phi) is 3.43. The van der Waals surface area contributed by atoms with E-state index < -0.39 is 6.10 Å². The summed E-state index contributed by atoms with van der Waals surface area (Å²) in [5.74, 6) is 2.60. The van der Waals surface area contributed by atoms with E-state index in [2.05, 4.69) is 0 Å². The van der Waals surface area contributed by atoms with Crippen molar-refractivity contribution in [1.82, 2.24) is 0 Å². The highest BCUT2D eigenvalue weighted by Gasteiger charge is 2.31. The lowest BCUT2D eigenvalue weighted by Crippen LogP contribution is -2.19. The smallest absolute Gasteiger partial charge is 0.231 e. The van der Waals surface area contributed by atoms with Crippen LogP contribution in [0.15, 0.2) is 48.5 Å². The van der Waals surface area contributed by atoms with Crippen LogP contribution in [0.1, 0.15) is 29.8 Å². The van der Waals surface area contributed by atoms with Gasteiger partial charge >= 0.3 is 0 Å². The van der Waals surface area contributed by atoms with Gasteiger partial charge in [0.2, 0.25) is 12.5 Å². The van der Waals surface area contributed by atoms with Crippen LogP contribution in [0, 0.1) is 0 Å². The van der Waals surface area contributed by atoms with E-state index in [1.54, 1.807) is 7.11 Å². The van der Waals surface area contributed by atoms with E-state index in [4.69, 9.17) is 18.9 Å². The van der Waals surface area contributed by atoms with Gasteiger partial charge in [0.1, 0.15) is 11.9 Å². The van der Waals surface area contributed by atoms with Crippen molar-refractivity contribution in [2.45, 2.75) is 18.6 Å². The third-order valence-electron chi connectivity index (χ3n) is 5.02. The van der Waals surface area contributed by atoms with Crippen LogP contribution < -0.4 is 18.9 Å². The molecule has 2 aliphatic heterocycles. The molecule has 0 fully saturated rings. The van der Waals surface area contributed by atoms with E-state index in [9.17, 15) is 5.11 Å². The molecular weight excluding hydrogens is 332 g/mol. The summed E-state index contributed by atoms with van der Waals surface area (Å²) in [5, 5.41) is 12.8. The van der Waals surface area contributed by atoms with E-state index in [1.165, 1.54) is 0 Å². The number of ether oxygens (including phenoxy) is 4. The minimum atomic E-state index is -0.593. The molecule has 132 valence electrons. The van der Waals surface area contributed by atoms with Crippen LogP contribution in [0.3, 0.4) is 0 Å². The Morgan fingerprint density at radius 2 is 1.92 bits per heavy atom. The molecule has 0 spiro atoms. The Balaban J connectivity index is 1.60. The molecule has 0 amide bonds. The summed E-state index contributed by atoms with van der Waals surface area (Å²) in [6.07, 6.45) is -0.426. The maximum absolute atomic E-state index is 10.7. The molecule has 5 heteroatoms. The van der Waals surface area contributed by atoms with E-state index >= 15 is 0 Å². The average Bonchev–Trinajstić information content (AvgIpc) is 3.15. The summed E-state index contributed by atoms with van der Waals surface area (Å²) in [7, 11) is 1.60. The van der Waals surface area contributed by atoms with Gasteiger partial charge in [-0.3, -0.25) is 0 Å². The number of methoxy groups -OCH3 is 1. The van der Waals surface area contributed by atoms with Gasteiger partial charge in [-0.15, -0.1) is 0 Å². The van der Waals surface area contributed by atoms with Gasteiger partial charge in [-0.25, -0.2) is 0 Å². The lowest BCUT2D eigenvalue weighted by atomic mass is 9.92. The first-order valence-corrected chi connectivity index (χ1v) is 8.58. The maximum atomic E-state index is 10.7. The summed E-state index contributed by atoms with van der Waals surface area (Å²) >= 11 is 0. The third-order valence-corrected chi connectivity index (χ3v) is 5.02. The van der Waals surface area contributed by atoms with Crippen LogP contribution in [0.4, 0.5) is 0 Å². The van der Waals surface area contributed by atoms with Gasteiger partial charge in [-0.2, -0.15) is 0 Å². The van der Waals surface area contributed by atoms with Crippen molar-refractivity contribution in [3.63, 3.8) is 0 Å². The van der Waals surface area contributed by atoms with Gasteiger partial charge in [-0.05, 0) is 17.5 Å². The number of benzene rings is 3. The molecule has 0 bridgehead atoms. The summed E-state index contributed by atoms with van der Waals surface area (Å²) < 4.78 is 22.8. The Morgan fingerprint density at radius 3 is 2.81 bits per heavy atom. The Bertz CT molecular complexity index is 997. The summed E-state index contributed by atoms with van der Waals surface area (Å²) in [6, 6.07) is 15.8. The molecule has 1 N–H and O–H groups in total. The summed E-state index contributed by atoms with van der Waals surface area (Å²) in [4.78, 5) is 0. The predicted molar refractivity (Wildman–Crippen MR) is 96.0 cm³/mol. The molecule has 0 saturated carbocycles. The van der Waals surface area contributed by atoms with Crippen LogP contribution in [-0.4, -0.2) is 19.0 Å². The van der Waals surface area contributed by atoms with Crippen LogP contribution in [-0.2, 0) is 0 Å². The van der Waals surface area contributed by atoms with Gasteiger partial charge in [0.25, 0.3) is 0 Å². The standard InChI is InChI=1S/C21H18O5/c1-23-18-8-13(9-19-21(18)25-11-24-19)17-10-16(22)15-7-6-12-4-2-3-5-14(12)20(15)26-17/h2-9,16-17,22H,10-11H2,1H3. The number of rotatable bonds is 2. The number of aliphatic hydroxyl groups excluding tert-OH is 1. The first-order chi connectivity index (χ1) is 12.7. The molecule has 3 aromatic carbocycles. The number of aliphatic hydroxyl groups is 1. The van der Waals surface area contributed by atoms with Crippen molar-refractivity contribution in [2.75, 3.05) is 13.9 Å². The van der Waals surface area contributed by atoms with Crippen molar-refractivity contribution >= 4 is 10.8 Å². The van der Waals surface area contributed by atoms with E-state index in [0.29, 0.717) is 23.7 Å². The highest BCUT2D eigenvalue weighted by Crippen LogP contribution is 2.48. The van der Waals surface area contributed by atoms with E-state index in [-0.39, 0.29) is 12.9 Å². The summed E-state index contributed by atoms with van der Waals surface area (Å²) in [6.45, 7) is 0.177. The largest absolute Gasteiger partial charge is 0.493 e. The second-order valence-electron chi connectivity index (χ2n) is 6.52. The molecule has 3 aromatic rings. The molecule has 2 atom stereocenters. The van der Waals surface area contributed by atoms with E-state index in [1.807, 2.05) is 48.5 Å². The molecule has 2 unspecified atom stereocenters. The van der Waals surface area contributed by atoms with Crippen molar-refractivity contribution in [2.24, 2.45) is 0 Å². The zero-order valence-corrected chi connectivity index (χ0v) is 14.3. The van der Waals surface area contributed by atoms with Crippen LogP contribution in [0.2, 0.25) is 0 Å². The zero-order valence-electron chi connectivity index (χ0n) is 14.3. The van der Waals surface area contributed by atoms with Gasteiger partial charge < -0.3 is 24.1 Å². The lowest BCUT2D eigenvalue weighted by molar-refractivity contribution is 0.0670. The highest BCUT2D eigenvalue weighted by atomic mass is 16.7. The van der Waals surface area contributed by atoms with Gasteiger partial charge in [-0.1, -0.05) is 36.4 Å². The van der Waals surface area contributed by atoms with Gasteiger partial charge in [0, 0.05) is 22.9 Å². The normalized spacial score (nSPS) is 20.5. The van der Waals surface area contributed by atoms with Crippen molar-refractivity contribution in [1.29, 1.82) is 0 Å². The first kappa shape index (κ1) is 15.3. The van der Waals surface area contributed by atoms with Gasteiger partial charge in [0.05, 0.1) is 13.2 Å². The lowest BCUT2D eigenvalue weighted by Gasteiger charge is -2.31. The second kappa shape index (κ2) is 5.81. The molecular formula is C21H18O5. The SMILES string of the molecule is COc1cc(C2CC(O)c3ccc4ccccc4c3O2)cc2c1OCO2. The Hall–Kier alpha value is -2.92. The second-order valence-corrected chi connectivity index (χ2v) is 6.52. The molecule has 2 heterocycles. The topological polar surface area (TPSA) is 57.2 Å². The maximum Gasteiger partial charge on any atom is 0.231 e. The highest BCUT2D eigenvalue weighted by molar-refractivity contribution is 5.90. The quantitative estimate of drug-likeness (QED) is 0.753. The van der Waals surface area contributed by atoms with Crippen molar-refractivity contribution < 1.29 is 24.1 Å². The average molecular weight is 350 g/mol. The fraction of sp³-hybridized carbons (Fsp3) is 0.238. The number of hydrogen-bond acceptors (Lipinski definition) is 5. The monoisotopic (exact) mass is 350 g/mol. The fourth-order valence-electron chi connectivity index (χ4n) is 3.71. The molecule has 26 heavy (non-hydrogen) atoms. The van der Waals surface area contributed by atoms with Crippen LogP contribution in [0.5, 0.6) is 23.0 Å². The molecule has 0 radical (unpaired) electrons. The zero-order chi connectivity index (χ0) is 17.7. The molecule has 0 saturated heterocycles. The molecule has 2 aliphatic rings. The Morgan fingerprint density at radius 1 is 1.04 bits per heavy atom. The van der Waals surface area contributed by atoms with Crippen molar-refractivity contribution in [3.05, 3.63) is 59.7 Å². The molecule has 5 nitrogen and oxygen atoms in total. The van der Waals surface area contributed by atoms with Gasteiger partial charge in [0.15, 0.2) is 11.5 Å². The van der Waals surface area contributed by atoms with Crippen LogP contribution >= 0.6 is 0 Å². The van der Waals surface area contributed by atoms with Crippen LogP contribution in [0.25, 0.3) is 10.8 Å². The molecule has 0 aliphatic carbocycles. The summed E-state index contributed by atoms with van der Waals surface area (Å²) in [5.41, 5.74) is 1.72. The molecule has 5 rings (SSSR count). The molecule has 0 aromatic heterocycles. The third kappa shape index (κ3) is 2.28. The fourth-order valence-corrected chi connectivity index (χ4v) is 3.71. The Labute approximate surface area is 150 Å². The number of hydrogen-bond donors (Lipinski definition) is 1. The predicted octanol–water partition coefficient (Wildman–Crippen LogP) is 4.13. The number of fused-ring (bicyclic) bond motifs is 4. The first-order valence-electron chi connectivity index (χ1n) is 8.58. The minimum absolute atomic E-state index is 0.177. The minimum Gasteiger partial charge on any atom is -0.493 e. The van der Waals surface area contributed by atoms with Crippen molar-refractivity contribution in [3.8, 4) is 23.0 Å².